The summed E-state index contributed by atoms with van der Waals surface area (Å²) >= 11 is 0. The van der Waals surface area contributed by atoms with Crippen LogP contribution in [0.1, 0.15) is 0 Å². The van der Waals surface area contributed by atoms with Gasteiger partial charge in [0.05, 0.1) is 5.69 Å². The van der Waals surface area contributed by atoms with Gasteiger partial charge >= 0.3 is 0 Å². The van der Waals surface area contributed by atoms with Gasteiger partial charge in [-0.3, -0.25) is 4.98 Å². The van der Waals surface area contributed by atoms with Crippen LogP contribution >= 0.6 is 0 Å². The Labute approximate surface area is 187 Å². The summed E-state index contributed by atoms with van der Waals surface area (Å²) in [7, 11) is 0. The van der Waals surface area contributed by atoms with Crippen LogP contribution in [-0.2, 0) is 0 Å². The fourth-order valence-electron chi connectivity index (χ4n) is 4.60. The van der Waals surface area contributed by atoms with Gasteiger partial charge in [0.25, 0.3) is 0 Å². The Bertz CT molecular complexity index is 1380. The molecule has 1 saturated heterocycles. The first-order valence-corrected chi connectivity index (χ1v) is 11.0. The number of nitrogens with zero attached hydrogens (tertiary/aromatic N) is 5. The molecule has 5 heteroatoms. The average molecular weight is 418 g/mol. The standard InChI is InChI=1S/C27H23N5/c1-3-9-20(10-4-1)24-27(32-17-15-31(16-18-32)22-12-5-2-6-13-22)26-25(30-29-24)23-14-8-7-11-21(23)19-28-26/h1-14,19H,15-18H2. The zero-order valence-corrected chi connectivity index (χ0v) is 17.7. The van der Waals surface area contributed by atoms with Crippen molar-refractivity contribution >= 4 is 33.2 Å². The summed E-state index contributed by atoms with van der Waals surface area (Å²) in [4.78, 5) is 9.76. The number of rotatable bonds is 3. The molecule has 6 rings (SSSR count). The van der Waals surface area contributed by atoms with Gasteiger partial charge in [-0.15, -0.1) is 10.2 Å². The number of benzene rings is 3. The van der Waals surface area contributed by atoms with Gasteiger partial charge in [-0.1, -0.05) is 72.8 Å². The molecule has 0 radical (unpaired) electrons. The zero-order valence-electron chi connectivity index (χ0n) is 17.7. The van der Waals surface area contributed by atoms with Crippen LogP contribution in [0, 0.1) is 0 Å². The van der Waals surface area contributed by atoms with Crippen LogP contribution in [0.4, 0.5) is 11.4 Å². The van der Waals surface area contributed by atoms with E-state index in [-0.39, 0.29) is 0 Å². The second-order valence-electron chi connectivity index (χ2n) is 8.12. The van der Waals surface area contributed by atoms with Gasteiger partial charge in [-0.2, -0.15) is 0 Å². The van der Waals surface area contributed by atoms with E-state index >= 15 is 0 Å². The predicted octanol–water partition coefficient (Wildman–Crippen LogP) is 5.17. The summed E-state index contributed by atoms with van der Waals surface area (Å²) in [6.07, 6.45) is 1.96. The van der Waals surface area contributed by atoms with Crippen molar-refractivity contribution in [1.29, 1.82) is 0 Å². The SMILES string of the molecule is c1ccc(-c2nnc3c(ncc4ccccc43)c2N2CCN(c3ccccc3)CC2)cc1. The zero-order chi connectivity index (χ0) is 21.3. The van der Waals surface area contributed by atoms with E-state index in [1.807, 2.05) is 36.5 Å². The molecule has 0 unspecified atom stereocenters. The minimum absolute atomic E-state index is 0.864. The van der Waals surface area contributed by atoms with Crippen molar-refractivity contribution in [2.24, 2.45) is 0 Å². The second kappa shape index (κ2) is 7.93. The normalized spacial score (nSPS) is 14.2. The molecule has 0 atom stereocenters. The smallest absolute Gasteiger partial charge is 0.121 e. The van der Waals surface area contributed by atoms with Gasteiger partial charge < -0.3 is 9.80 Å². The van der Waals surface area contributed by atoms with Crippen molar-refractivity contribution in [3.63, 3.8) is 0 Å². The third kappa shape index (κ3) is 3.23. The first kappa shape index (κ1) is 18.8. The van der Waals surface area contributed by atoms with Crippen molar-refractivity contribution in [2.45, 2.75) is 0 Å². The molecule has 0 saturated carbocycles. The fourth-order valence-corrected chi connectivity index (χ4v) is 4.60. The van der Waals surface area contributed by atoms with Crippen molar-refractivity contribution in [3.8, 4) is 11.3 Å². The summed E-state index contributed by atoms with van der Waals surface area (Å²) in [5.41, 5.74) is 6.11. The van der Waals surface area contributed by atoms with Gasteiger partial charge in [-0.25, -0.2) is 0 Å². The van der Waals surface area contributed by atoms with Gasteiger partial charge in [0.1, 0.15) is 16.7 Å². The van der Waals surface area contributed by atoms with Gasteiger partial charge in [-0.05, 0) is 12.1 Å². The maximum Gasteiger partial charge on any atom is 0.121 e. The lowest BCUT2D eigenvalue weighted by atomic mass is 10.1. The summed E-state index contributed by atoms with van der Waals surface area (Å²) in [6.45, 7) is 3.72. The number of para-hydroxylation sites is 1. The molecule has 1 aliphatic heterocycles. The van der Waals surface area contributed by atoms with Gasteiger partial charge in [0.15, 0.2) is 0 Å². The largest absolute Gasteiger partial charge is 0.368 e. The fraction of sp³-hybridized carbons (Fsp3) is 0.148. The third-order valence-electron chi connectivity index (χ3n) is 6.24. The number of aromatic nitrogens is 3. The highest BCUT2D eigenvalue weighted by molar-refractivity contribution is 6.08. The highest BCUT2D eigenvalue weighted by Gasteiger charge is 2.24. The number of hydrogen-bond acceptors (Lipinski definition) is 5. The van der Waals surface area contributed by atoms with Crippen LogP contribution in [0.5, 0.6) is 0 Å². The van der Waals surface area contributed by atoms with E-state index in [0.29, 0.717) is 0 Å². The molecule has 0 bridgehead atoms. The summed E-state index contributed by atoms with van der Waals surface area (Å²) in [5, 5.41) is 11.6. The molecule has 0 N–H and O–H groups in total. The number of fused-ring (bicyclic) bond motifs is 3. The Morgan fingerprint density at radius 2 is 1.25 bits per heavy atom. The molecule has 3 heterocycles. The Hall–Kier alpha value is -3.99. The number of anilines is 2. The molecule has 1 aliphatic rings. The second-order valence-corrected chi connectivity index (χ2v) is 8.12. The van der Waals surface area contributed by atoms with E-state index in [4.69, 9.17) is 10.1 Å². The molecule has 3 aromatic carbocycles. The highest BCUT2D eigenvalue weighted by atomic mass is 15.3. The van der Waals surface area contributed by atoms with Crippen LogP contribution in [0.25, 0.3) is 33.1 Å². The minimum atomic E-state index is 0.864. The van der Waals surface area contributed by atoms with E-state index in [1.165, 1.54) is 5.69 Å². The predicted molar refractivity (Wildman–Crippen MR) is 131 cm³/mol. The molecule has 1 fully saturated rings. The molecule has 0 aliphatic carbocycles. The monoisotopic (exact) mass is 417 g/mol. The van der Waals surface area contributed by atoms with Crippen LogP contribution in [0.15, 0.2) is 91.1 Å². The molecule has 156 valence electrons. The molecule has 2 aromatic heterocycles. The van der Waals surface area contributed by atoms with Gasteiger partial charge in [0.2, 0.25) is 0 Å². The van der Waals surface area contributed by atoms with E-state index < -0.39 is 0 Å². The number of piperazine rings is 1. The first-order chi connectivity index (χ1) is 15.9. The molecular weight excluding hydrogens is 394 g/mol. The molecule has 0 spiro atoms. The lowest BCUT2D eigenvalue weighted by molar-refractivity contribution is 0.654. The van der Waals surface area contributed by atoms with E-state index in [2.05, 4.69) is 69.5 Å². The maximum atomic E-state index is 4.89. The van der Waals surface area contributed by atoms with Crippen molar-refractivity contribution in [2.75, 3.05) is 36.0 Å². The average Bonchev–Trinajstić information content (AvgIpc) is 2.89. The molecule has 5 nitrogen and oxygen atoms in total. The molecule has 32 heavy (non-hydrogen) atoms. The number of hydrogen-bond donors (Lipinski definition) is 0. The van der Waals surface area contributed by atoms with Crippen LogP contribution in [-0.4, -0.2) is 41.4 Å². The first-order valence-electron chi connectivity index (χ1n) is 11.0. The summed E-state index contributed by atoms with van der Waals surface area (Å²) < 4.78 is 0. The van der Waals surface area contributed by atoms with Crippen molar-refractivity contribution in [3.05, 3.63) is 91.1 Å². The summed E-state index contributed by atoms with van der Waals surface area (Å²) in [6, 6.07) is 29.2. The van der Waals surface area contributed by atoms with Crippen molar-refractivity contribution in [1.82, 2.24) is 15.2 Å². The lowest BCUT2D eigenvalue weighted by Gasteiger charge is -2.38. The Morgan fingerprint density at radius 3 is 2.03 bits per heavy atom. The van der Waals surface area contributed by atoms with Crippen LogP contribution < -0.4 is 9.80 Å². The summed E-state index contributed by atoms with van der Waals surface area (Å²) in [5.74, 6) is 0. The molecule has 5 aromatic rings. The molecule has 0 amide bonds. The van der Waals surface area contributed by atoms with E-state index in [1.54, 1.807) is 0 Å². The van der Waals surface area contributed by atoms with E-state index in [0.717, 1.165) is 64.9 Å². The Balaban J connectivity index is 1.47. The molecular formula is C27H23N5. The topological polar surface area (TPSA) is 45.2 Å². The minimum Gasteiger partial charge on any atom is -0.368 e. The third-order valence-corrected chi connectivity index (χ3v) is 6.24. The Kier molecular flexibility index (Phi) is 4.65. The van der Waals surface area contributed by atoms with Crippen LogP contribution in [0.3, 0.4) is 0 Å². The number of pyridine rings is 1. The van der Waals surface area contributed by atoms with Gasteiger partial charge in [0, 0.05) is 54.4 Å². The lowest BCUT2D eigenvalue weighted by Crippen LogP contribution is -2.46. The Morgan fingerprint density at radius 1 is 0.594 bits per heavy atom. The maximum absolute atomic E-state index is 4.89. The highest BCUT2D eigenvalue weighted by Crippen LogP contribution is 2.36. The van der Waals surface area contributed by atoms with Crippen molar-refractivity contribution < 1.29 is 0 Å². The quantitative estimate of drug-likeness (QED) is 0.379. The van der Waals surface area contributed by atoms with E-state index in [9.17, 15) is 0 Å². The van der Waals surface area contributed by atoms with Crippen LogP contribution in [0.2, 0.25) is 0 Å².